The van der Waals surface area contributed by atoms with Gasteiger partial charge in [-0.15, -0.1) is 11.3 Å². The highest BCUT2D eigenvalue weighted by Crippen LogP contribution is 2.38. The molecule has 1 N–H and O–H groups in total. The molecule has 0 fully saturated rings. The van der Waals surface area contributed by atoms with E-state index in [1.165, 1.54) is 23.4 Å². The molecule has 0 radical (unpaired) electrons. The van der Waals surface area contributed by atoms with Gasteiger partial charge in [-0.25, -0.2) is 0 Å². The zero-order chi connectivity index (χ0) is 18.5. The minimum atomic E-state index is -4.55. The first-order valence-corrected chi connectivity index (χ1v) is 9.08. The molecule has 0 bridgehead atoms. The van der Waals surface area contributed by atoms with E-state index < -0.39 is 11.9 Å². The van der Waals surface area contributed by atoms with Crippen LogP contribution in [0.2, 0.25) is 0 Å². The summed E-state index contributed by atoms with van der Waals surface area (Å²) in [5.74, 6) is -0.346. The highest BCUT2D eigenvalue weighted by molar-refractivity contribution is 7.20. The summed E-state index contributed by atoms with van der Waals surface area (Å²) < 4.78 is 40.5. The van der Waals surface area contributed by atoms with Crippen molar-refractivity contribution in [3.8, 4) is 0 Å². The van der Waals surface area contributed by atoms with Gasteiger partial charge in [0.15, 0.2) is 5.69 Å². The second-order valence-electron chi connectivity index (χ2n) is 6.42. The van der Waals surface area contributed by atoms with Crippen LogP contribution in [0, 0.1) is 0 Å². The largest absolute Gasteiger partial charge is 0.435 e. The van der Waals surface area contributed by atoms with Crippen molar-refractivity contribution in [2.45, 2.75) is 31.5 Å². The van der Waals surface area contributed by atoms with E-state index in [9.17, 15) is 18.0 Å². The highest BCUT2D eigenvalue weighted by atomic mass is 32.1. The first kappa shape index (κ1) is 17.1. The monoisotopic (exact) mass is 379 g/mol. The third-order valence-corrected chi connectivity index (χ3v) is 5.88. The Morgan fingerprint density at radius 3 is 2.88 bits per heavy atom. The van der Waals surface area contributed by atoms with Crippen molar-refractivity contribution < 1.29 is 18.0 Å². The molecule has 2 aromatic heterocycles. The van der Waals surface area contributed by atoms with Gasteiger partial charge in [-0.1, -0.05) is 24.3 Å². The molecular formula is C18H16F3N3OS. The Labute approximate surface area is 151 Å². The molecule has 4 rings (SSSR count). The summed E-state index contributed by atoms with van der Waals surface area (Å²) in [5, 5.41) is 6.49. The number of benzene rings is 1. The molecule has 1 aliphatic carbocycles. The van der Waals surface area contributed by atoms with Crippen LogP contribution in [0.25, 0.3) is 10.2 Å². The number of nitrogens with zero attached hydrogens (tertiary/aromatic N) is 2. The van der Waals surface area contributed by atoms with E-state index in [1.807, 2.05) is 24.3 Å². The maximum absolute atomic E-state index is 13.1. The van der Waals surface area contributed by atoms with Crippen LogP contribution in [0.3, 0.4) is 0 Å². The van der Waals surface area contributed by atoms with Crippen LogP contribution in [0.15, 0.2) is 30.3 Å². The number of hydrogen-bond acceptors (Lipinski definition) is 3. The van der Waals surface area contributed by atoms with E-state index in [2.05, 4.69) is 10.4 Å². The van der Waals surface area contributed by atoms with Gasteiger partial charge in [0, 0.05) is 12.4 Å². The van der Waals surface area contributed by atoms with Crippen molar-refractivity contribution in [3.05, 3.63) is 52.0 Å². The fourth-order valence-electron chi connectivity index (χ4n) is 3.50. The minimum absolute atomic E-state index is 0.0285. The van der Waals surface area contributed by atoms with Crippen LogP contribution < -0.4 is 5.32 Å². The van der Waals surface area contributed by atoms with Gasteiger partial charge in [0.05, 0.1) is 10.9 Å². The lowest BCUT2D eigenvalue weighted by Crippen LogP contribution is -2.30. The third kappa shape index (κ3) is 2.88. The van der Waals surface area contributed by atoms with Crippen molar-refractivity contribution in [3.63, 3.8) is 0 Å². The van der Waals surface area contributed by atoms with E-state index >= 15 is 0 Å². The van der Waals surface area contributed by atoms with Gasteiger partial charge in [0.25, 0.3) is 5.91 Å². The molecule has 0 unspecified atom stereocenters. The summed E-state index contributed by atoms with van der Waals surface area (Å²) in [4.78, 5) is 13.3. The molecule has 0 saturated heterocycles. The Balaban J connectivity index is 1.64. The Kier molecular flexibility index (Phi) is 4.02. The standard InChI is InChI=1S/C18H16F3N3OS/c1-24-17-12(15(23-24)18(19,20)21)9-14(26-17)16(25)22-13-8-4-6-10-5-2-3-7-11(10)13/h2-3,5,7,9,13H,4,6,8H2,1H3,(H,22,25)/t13-/m0/s1. The summed E-state index contributed by atoms with van der Waals surface area (Å²) in [7, 11) is 1.45. The van der Waals surface area contributed by atoms with Gasteiger partial charge in [0.1, 0.15) is 4.83 Å². The van der Waals surface area contributed by atoms with Crippen LogP contribution >= 0.6 is 11.3 Å². The second-order valence-corrected chi connectivity index (χ2v) is 7.45. The summed E-state index contributed by atoms with van der Waals surface area (Å²) in [6.07, 6.45) is -1.78. The molecule has 1 aromatic carbocycles. The average molecular weight is 379 g/mol. The summed E-state index contributed by atoms with van der Waals surface area (Å²) >= 11 is 1.03. The lowest BCUT2D eigenvalue weighted by molar-refractivity contribution is -0.140. The zero-order valence-corrected chi connectivity index (χ0v) is 14.7. The van der Waals surface area contributed by atoms with Gasteiger partial charge in [-0.05, 0) is 36.5 Å². The van der Waals surface area contributed by atoms with Crippen LogP contribution in [-0.4, -0.2) is 15.7 Å². The summed E-state index contributed by atoms with van der Waals surface area (Å²) in [6, 6.07) is 9.13. The van der Waals surface area contributed by atoms with Crippen LogP contribution in [0.5, 0.6) is 0 Å². The second kappa shape index (κ2) is 6.12. The Bertz CT molecular complexity index is 989. The molecule has 0 spiro atoms. The van der Waals surface area contributed by atoms with Crippen molar-refractivity contribution in [2.24, 2.45) is 7.05 Å². The average Bonchev–Trinajstić information content (AvgIpc) is 3.15. The normalized spacial score (nSPS) is 17.3. The van der Waals surface area contributed by atoms with Crippen molar-refractivity contribution in [2.75, 3.05) is 0 Å². The lowest BCUT2D eigenvalue weighted by atomic mass is 9.88. The van der Waals surface area contributed by atoms with Gasteiger partial charge in [0.2, 0.25) is 0 Å². The number of alkyl halides is 3. The predicted octanol–water partition coefficient (Wildman–Crippen LogP) is 4.46. The molecule has 136 valence electrons. The number of nitrogens with one attached hydrogen (secondary N) is 1. The molecular weight excluding hydrogens is 363 g/mol. The summed E-state index contributed by atoms with van der Waals surface area (Å²) in [6.45, 7) is 0. The van der Waals surface area contributed by atoms with Gasteiger partial charge in [-0.3, -0.25) is 9.48 Å². The number of aryl methyl sites for hydroxylation is 2. The van der Waals surface area contributed by atoms with Crippen LogP contribution in [-0.2, 0) is 19.6 Å². The topological polar surface area (TPSA) is 46.9 Å². The Morgan fingerprint density at radius 2 is 2.12 bits per heavy atom. The van der Waals surface area contributed by atoms with Gasteiger partial charge < -0.3 is 5.32 Å². The number of fused-ring (bicyclic) bond motifs is 2. The number of halogens is 3. The number of carbonyl (C=O) groups excluding carboxylic acids is 1. The quantitative estimate of drug-likeness (QED) is 0.715. The molecule has 1 aliphatic rings. The Hall–Kier alpha value is -2.35. The maximum Gasteiger partial charge on any atom is 0.435 e. The van der Waals surface area contributed by atoms with E-state index in [0.29, 0.717) is 4.83 Å². The molecule has 8 heteroatoms. The van der Waals surface area contributed by atoms with Crippen molar-refractivity contribution in [1.82, 2.24) is 15.1 Å². The molecule has 0 aliphatic heterocycles. The van der Waals surface area contributed by atoms with E-state index in [4.69, 9.17) is 0 Å². The smallest absolute Gasteiger partial charge is 0.345 e. The minimum Gasteiger partial charge on any atom is -0.345 e. The zero-order valence-electron chi connectivity index (χ0n) is 13.9. The van der Waals surface area contributed by atoms with Gasteiger partial charge in [-0.2, -0.15) is 18.3 Å². The number of amides is 1. The first-order valence-electron chi connectivity index (χ1n) is 8.27. The Morgan fingerprint density at radius 1 is 1.35 bits per heavy atom. The fraction of sp³-hybridized carbons (Fsp3) is 0.333. The lowest BCUT2D eigenvalue weighted by Gasteiger charge is -2.26. The van der Waals surface area contributed by atoms with Gasteiger partial charge >= 0.3 is 6.18 Å². The number of aromatic nitrogens is 2. The summed E-state index contributed by atoms with van der Waals surface area (Å²) in [5.41, 5.74) is 1.35. The van der Waals surface area contributed by atoms with E-state index in [-0.39, 0.29) is 22.2 Å². The predicted molar refractivity (Wildman–Crippen MR) is 93.2 cm³/mol. The highest BCUT2D eigenvalue weighted by Gasteiger charge is 2.37. The number of rotatable bonds is 2. The van der Waals surface area contributed by atoms with Crippen LogP contribution in [0.1, 0.15) is 45.4 Å². The van der Waals surface area contributed by atoms with E-state index in [0.717, 1.165) is 36.2 Å². The molecule has 2 heterocycles. The number of carbonyl (C=O) groups is 1. The van der Waals surface area contributed by atoms with E-state index in [1.54, 1.807) is 0 Å². The van der Waals surface area contributed by atoms with Crippen LogP contribution in [0.4, 0.5) is 13.2 Å². The number of hydrogen-bond donors (Lipinski definition) is 1. The molecule has 1 amide bonds. The molecule has 1 atom stereocenters. The molecule has 3 aromatic rings. The molecule has 4 nitrogen and oxygen atoms in total. The molecule has 26 heavy (non-hydrogen) atoms. The fourth-order valence-corrected chi connectivity index (χ4v) is 4.47. The van der Waals surface area contributed by atoms with Crippen molar-refractivity contribution >= 4 is 27.5 Å². The SMILES string of the molecule is Cn1nc(C(F)(F)F)c2cc(C(=O)N[C@H]3CCCc4ccccc43)sc21. The third-order valence-electron chi connectivity index (χ3n) is 4.68. The molecule has 0 saturated carbocycles. The van der Waals surface area contributed by atoms with Crippen molar-refractivity contribution in [1.29, 1.82) is 0 Å². The number of thiophene rings is 1. The maximum atomic E-state index is 13.1. The first-order chi connectivity index (χ1) is 12.3.